The maximum atomic E-state index is 11.9. The van der Waals surface area contributed by atoms with Crippen LogP contribution in [-0.4, -0.2) is 65.1 Å². The second-order valence-electron chi connectivity index (χ2n) is 4.55. The first-order valence-corrected chi connectivity index (χ1v) is 5.90. The molecule has 7 heteroatoms. The second kappa shape index (κ2) is 6.01. The Morgan fingerprint density at radius 2 is 2.11 bits per heavy atom. The van der Waals surface area contributed by atoms with Crippen molar-refractivity contribution in [2.45, 2.75) is 44.6 Å². The molecule has 1 aliphatic heterocycles. The van der Waals surface area contributed by atoms with E-state index in [4.69, 9.17) is 9.84 Å². The Kier molecular flexibility index (Phi) is 4.92. The molecule has 0 aromatic carbocycles. The smallest absolute Gasteiger partial charge is 0.328 e. The van der Waals surface area contributed by atoms with Crippen molar-refractivity contribution in [1.29, 1.82) is 0 Å². The Morgan fingerprint density at radius 1 is 1.50 bits per heavy atom. The van der Waals surface area contributed by atoms with Crippen molar-refractivity contribution in [3.63, 3.8) is 0 Å². The quantitative estimate of drug-likeness (QED) is 0.641. The molecular weight excluding hydrogens is 240 g/mol. The van der Waals surface area contributed by atoms with Gasteiger partial charge in [0.1, 0.15) is 0 Å². The molecule has 1 aliphatic rings. The normalized spacial score (nSPS) is 26.4. The zero-order chi connectivity index (χ0) is 13.9. The SMILES string of the molecule is CC(O)C(NC(=O)N(C)C1CCOC1C)C(=O)O. The maximum Gasteiger partial charge on any atom is 0.328 e. The highest BCUT2D eigenvalue weighted by Crippen LogP contribution is 2.18. The van der Waals surface area contributed by atoms with E-state index in [0.29, 0.717) is 6.61 Å². The van der Waals surface area contributed by atoms with Crippen LogP contribution < -0.4 is 5.32 Å². The van der Waals surface area contributed by atoms with E-state index in [1.807, 2.05) is 6.92 Å². The number of ether oxygens (including phenoxy) is 1. The van der Waals surface area contributed by atoms with Gasteiger partial charge in [-0.3, -0.25) is 0 Å². The van der Waals surface area contributed by atoms with Crippen molar-refractivity contribution in [3.8, 4) is 0 Å². The molecule has 1 rings (SSSR count). The van der Waals surface area contributed by atoms with Gasteiger partial charge in [0, 0.05) is 13.7 Å². The van der Waals surface area contributed by atoms with Gasteiger partial charge in [0.25, 0.3) is 0 Å². The standard InChI is InChI=1S/C11H20N2O5/c1-6(14)9(10(15)16)12-11(17)13(3)8-4-5-18-7(8)2/h6-9,14H,4-5H2,1-3H3,(H,12,17)(H,15,16). The molecule has 0 spiro atoms. The number of amides is 2. The predicted molar refractivity (Wildman–Crippen MR) is 63.2 cm³/mol. The van der Waals surface area contributed by atoms with Crippen LogP contribution in [0.15, 0.2) is 0 Å². The van der Waals surface area contributed by atoms with Crippen molar-refractivity contribution in [1.82, 2.24) is 10.2 Å². The summed E-state index contributed by atoms with van der Waals surface area (Å²) in [6, 6.07) is -1.91. The average molecular weight is 260 g/mol. The molecule has 7 nitrogen and oxygen atoms in total. The number of rotatable bonds is 4. The highest BCUT2D eigenvalue weighted by atomic mass is 16.5. The number of likely N-dealkylation sites (N-methyl/N-ethyl adjacent to an activating group) is 1. The van der Waals surface area contributed by atoms with E-state index in [1.165, 1.54) is 11.8 Å². The summed E-state index contributed by atoms with van der Waals surface area (Å²) in [4.78, 5) is 24.2. The van der Waals surface area contributed by atoms with E-state index in [-0.39, 0.29) is 12.1 Å². The fraction of sp³-hybridized carbons (Fsp3) is 0.818. The number of nitrogens with one attached hydrogen (secondary N) is 1. The zero-order valence-corrected chi connectivity index (χ0v) is 10.8. The first-order chi connectivity index (χ1) is 8.34. The average Bonchev–Trinajstić information content (AvgIpc) is 2.69. The summed E-state index contributed by atoms with van der Waals surface area (Å²) >= 11 is 0. The topological polar surface area (TPSA) is 99.1 Å². The highest BCUT2D eigenvalue weighted by Gasteiger charge is 2.33. The molecule has 1 fully saturated rings. The molecule has 1 saturated heterocycles. The van der Waals surface area contributed by atoms with E-state index >= 15 is 0 Å². The minimum atomic E-state index is -1.31. The molecule has 0 aromatic rings. The molecule has 0 bridgehead atoms. The van der Waals surface area contributed by atoms with Crippen molar-refractivity contribution in [2.24, 2.45) is 0 Å². The minimum absolute atomic E-state index is 0.0735. The van der Waals surface area contributed by atoms with E-state index in [1.54, 1.807) is 7.05 Å². The van der Waals surface area contributed by atoms with Gasteiger partial charge in [0.2, 0.25) is 0 Å². The molecule has 0 aliphatic carbocycles. The molecular formula is C11H20N2O5. The fourth-order valence-electron chi connectivity index (χ4n) is 2.00. The third-order valence-corrected chi connectivity index (χ3v) is 3.18. The zero-order valence-electron chi connectivity index (χ0n) is 10.8. The molecule has 4 unspecified atom stereocenters. The summed E-state index contributed by atoms with van der Waals surface area (Å²) in [5.41, 5.74) is 0. The van der Waals surface area contributed by atoms with E-state index in [2.05, 4.69) is 5.32 Å². The number of aliphatic carboxylic acids is 1. The van der Waals surface area contributed by atoms with E-state index in [9.17, 15) is 14.7 Å². The van der Waals surface area contributed by atoms with Gasteiger partial charge in [0.05, 0.1) is 18.2 Å². The Bertz CT molecular complexity index is 321. The van der Waals surface area contributed by atoms with Crippen LogP contribution in [0.3, 0.4) is 0 Å². The number of urea groups is 1. The number of carbonyl (C=O) groups is 2. The van der Waals surface area contributed by atoms with Gasteiger partial charge in [-0.2, -0.15) is 0 Å². The molecule has 0 saturated carbocycles. The lowest BCUT2D eigenvalue weighted by Gasteiger charge is -2.28. The Balaban J connectivity index is 2.61. The number of carboxylic acid groups (broad SMARTS) is 1. The number of carboxylic acids is 1. The van der Waals surface area contributed by atoms with Crippen molar-refractivity contribution >= 4 is 12.0 Å². The first kappa shape index (κ1) is 14.7. The monoisotopic (exact) mass is 260 g/mol. The van der Waals surface area contributed by atoms with Crippen LogP contribution in [0.25, 0.3) is 0 Å². The van der Waals surface area contributed by atoms with E-state index in [0.717, 1.165) is 6.42 Å². The van der Waals surface area contributed by atoms with Crippen LogP contribution in [0.5, 0.6) is 0 Å². The number of aliphatic hydroxyl groups is 1. The van der Waals surface area contributed by atoms with E-state index < -0.39 is 24.1 Å². The summed E-state index contributed by atoms with van der Waals surface area (Å²) in [5.74, 6) is -1.26. The second-order valence-corrected chi connectivity index (χ2v) is 4.55. The molecule has 4 atom stereocenters. The maximum absolute atomic E-state index is 11.9. The number of hydrogen-bond acceptors (Lipinski definition) is 4. The van der Waals surface area contributed by atoms with Crippen LogP contribution in [0.1, 0.15) is 20.3 Å². The fourth-order valence-corrected chi connectivity index (χ4v) is 2.00. The third kappa shape index (κ3) is 3.33. The van der Waals surface area contributed by atoms with Crippen LogP contribution in [-0.2, 0) is 9.53 Å². The van der Waals surface area contributed by atoms with Gasteiger partial charge < -0.3 is 25.2 Å². The number of carbonyl (C=O) groups excluding carboxylic acids is 1. The molecule has 0 radical (unpaired) electrons. The lowest BCUT2D eigenvalue weighted by molar-refractivity contribution is -0.141. The molecule has 0 aromatic heterocycles. The van der Waals surface area contributed by atoms with Crippen molar-refractivity contribution in [2.75, 3.05) is 13.7 Å². The number of aliphatic hydroxyl groups excluding tert-OH is 1. The molecule has 2 amide bonds. The lowest BCUT2D eigenvalue weighted by Crippen LogP contribution is -2.54. The van der Waals surface area contributed by atoms with Gasteiger partial charge in [-0.15, -0.1) is 0 Å². The van der Waals surface area contributed by atoms with Gasteiger partial charge in [-0.05, 0) is 20.3 Å². The van der Waals surface area contributed by atoms with Crippen LogP contribution in [0, 0.1) is 0 Å². The summed E-state index contributed by atoms with van der Waals surface area (Å²) < 4.78 is 5.35. The number of hydrogen-bond donors (Lipinski definition) is 3. The molecule has 18 heavy (non-hydrogen) atoms. The summed E-state index contributed by atoms with van der Waals surface area (Å²) in [7, 11) is 1.59. The van der Waals surface area contributed by atoms with Gasteiger partial charge in [-0.25, -0.2) is 9.59 Å². The molecule has 3 N–H and O–H groups in total. The van der Waals surface area contributed by atoms with Crippen molar-refractivity contribution < 1.29 is 24.5 Å². The third-order valence-electron chi connectivity index (χ3n) is 3.18. The Labute approximate surface area is 106 Å². The largest absolute Gasteiger partial charge is 0.480 e. The van der Waals surface area contributed by atoms with Crippen LogP contribution in [0.2, 0.25) is 0 Å². The summed E-state index contributed by atoms with van der Waals surface area (Å²) in [5, 5.41) is 20.5. The van der Waals surface area contributed by atoms with Gasteiger partial charge in [-0.1, -0.05) is 0 Å². The van der Waals surface area contributed by atoms with Crippen LogP contribution in [0.4, 0.5) is 4.79 Å². The summed E-state index contributed by atoms with van der Waals surface area (Å²) in [6.07, 6.45) is -0.509. The Morgan fingerprint density at radius 3 is 2.50 bits per heavy atom. The van der Waals surface area contributed by atoms with Gasteiger partial charge >= 0.3 is 12.0 Å². The number of nitrogens with zero attached hydrogens (tertiary/aromatic N) is 1. The summed E-state index contributed by atoms with van der Waals surface area (Å²) in [6.45, 7) is 3.77. The first-order valence-electron chi connectivity index (χ1n) is 5.90. The van der Waals surface area contributed by atoms with Gasteiger partial charge in [0.15, 0.2) is 6.04 Å². The minimum Gasteiger partial charge on any atom is -0.480 e. The van der Waals surface area contributed by atoms with Crippen LogP contribution >= 0.6 is 0 Å². The predicted octanol–water partition coefficient (Wildman–Crippen LogP) is -0.361. The molecule has 1 heterocycles. The molecule has 104 valence electrons. The van der Waals surface area contributed by atoms with Crippen molar-refractivity contribution in [3.05, 3.63) is 0 Å². The Hall–Kier alpha value is -1.34. The lowest BCUT2D eigenvalue weighted by atomic mass is 10.1. The highest BCUT2D eigenvalue weighted by molar-refractivity contribution is 5.83.